The van der Waals surface area contributed by atoms with E-state index in [1.807, 2.05) is 0 Å². The average molecular weight is 341 g/mol. The fourth-order valence-corrected chi connectivity index (χ4v) is 2.37. The number of hydrogen-bond acceptors (Lipinski definition) is 6. The first kappa shape index (κ1) is 13.8. The van der Waals surface area contributed by atoms with Gasteiger partial charge in [-0.05, 0) is 15.9 Å². The van der Waals surface area contributed by atoms with Crippen LogP contribution in [0.1, 0.15) is 6.23 Å². The number of aliphatic hydroxyl groups is 2. The van der Waals surface area contributed by atoms with Gasteiger partial charge in [-0.25, -0.2) is 4.79 Å². The maximum atomic E-state index is 11.7. The molecule has 1 aliphatic heterocycles. The molecular weight excluding hydrogens is 329 g/mol. The number of halogens is 2. The minimum atomic E-state index is -1.06. The Morgan fingerprint density at radius 2 is 2.33 bits per heavy atom. The van der Waals surface area contributed by atoms with E-state index in [0.717, 1.165) is 4.57 Å². The van der Waals surface area contributed by atoms with Crippen molar-refractivity contribution < 1.29 is 14.9 Å². The van der Waals surface area contributed by atoms with Crippen molar-refractivity contribution in [3.8, 4) is 0 Å². The van der Waals surface area contributed by atoms with E-state index in [9.17, 15) is 9.90 Å². The highest BCUT2D eigenvalue weighted by Crippen LogP contribution is 2.33. The standard InChI is InChI=1S/C9H11BrClN3O4/c10-3-1-14(9(17)13-7(3)12)8-5(11)6(16)4(2-15)18-8/h1,4-6,8,15-16H,2H2,(H2,12,13,17)/t4-,5-,6-,8-/m1/s1. The van der Waals surface area contributed by atoms with Crippen molar-refractivity contribution in [1.82, 2.24) is 9.55 Å². The van der Waals surface area contributed by atoms with Crippen LogP contribution in [0.3, 0.4) is 0 Å². The first-order valence-electron chi connectivity index (χ1n) is 5.08. The lowest BCUT2D eigenvalue weighted by Crippen LogP contribution is -2.33. The van der Waals surface area contributed by atoms with Crippen LogP contribution < -0.4 is 11.4 Å². The van der Waals surface area contributed by atoms with Gasteiger partial charge in [0.25, 0.3) is 0 Å². The third kappa shape index (κ3) is 2.26. The zero-order chi connectivity index (χ0) is 13.4. The van der Waals surface area contributed by atoms with Gasteiger partial charge in [0.05, 0.1) is 11.1 Å². The normalized spacial score (nSPS) is 31.8. The van der Waals surface area contributed by atoms with Crippen molar-refractivity contribution in [2.75, 3.05) is 12.3 Å². The molecule has 2 heterocycles. The number of ether oxygens (including phenoxy) is 1. The molecule has 0 aromatic carbocycles. The second-order valence-electron chi connectivity index (χ2n) is 3.85. The number of nitrogens with two attached hydrogens (primary N) is 1. The lowest BCUT2D eigenvalue weighted by Gasteiger charge is -2.17. The van der Waals surface area contributed by atoms with Gasteiger partial charge >= 0.3 is 5.69 Å². The Morgan fingerprint density at radius 3 is 2.89 bits per heavy atom. The number of rotatable bonds is 2. The molecule has 1 saturated heterocycles. The number of alkyl halides is 1. The average Bonchev–Trinajstić information content (AvgIpc) is 2.61. The predicted octanol–water partition coefficient (Wildman–Crippen LogP) is -0.554. The van der Waals surface area contributed by atoms with E-state index >= 15 is 0 Å². The van der Waals surface area contributed by atoms with Gasteiger partial charge in [0.1, 0.15) is 23.4 Å². The summed E-state index contributed by atoms with van der Waals surface area (Å²) in [7, 11) is 0. The molecule has 1 aliphatic rings. The van der Waals surface area contributed by atoms with E-state index in [1.54, 1.807) is 0 Å². The molecule has 18 heavy (non-hydrogen) atoms. The molecule has 0 unspecified atom stereocenters. The first-order valence-corrected chi connectivity index (χ1v) is 6.31. The fraction of sp³-hybridized carbons (Fsp3) is 0.556. The maximum absolute atomic E-state index is 11.7. The highest BCUT2D eigenvalue weighted by Gasteiger charge is 2.43. The van der Waals surface area contributed by atoms with E-state index in [1.165, 1.54) is 6.20 Å². The third-order valence-corrected chi connectivity index (χ3v) is 3.77. The molecule has 4 N–H and O–H groups in total. The van der Waals surface area contributed by atoms with Crippen molar-refractivity contribution >= 4 is 33.3 Å². The molecule has 100 valence electrons. The number of aliphatic hydroxyl groups excluding tert-OH is 2. The van der Waals surface area contributed by atoms with Crippen LogP contribution in [0.4, 0.5) is 5.82 Å². The van der Waals surface area contributed by atoms with Crippen LogP contribution in [0.2, 0.25) is 0 Å². The van der Waals surface area contributed by atoms with Crippen LogP contribution in [-0.2, 0) is 4.74 Å². The molecule has 0 bridgehead atoms. The summed E-state index contributed by atoms with van der Waals surface area (Å²) >= 11 is 9.12. The second kappa shape index (κ2) is 5.14. The fourth-order valence-electron chi connectivity index (χ4n) is 1.72. The van der Waals surface area contributed by atoms with Gasteiger partial charge in [-0.1, -0.05) is 0 Å². The Kier molecular flexibility index (Phi) is 3.93. The lowest BCUT2D eigenvalue weighted by atomic mass is 10.2. The second-order valence-corrected chi connectivity index (χ2v) is 5.20. The van der Waals surface area contributed by atoms with Gasteiger partial charge < -0.3 is 20.7 Å². The molecule has 0 amide bonds. The van der Waals surface area contributed by atoms with E-state index in [0.29, 0.717) is 4.47 Å². The van der Waals surface area contributed by atoms with Crippen LogP contribution in [0.25, 0.3) is 0 Å². The molecular formula is C9H11BrClN3O4. The number of aromatic nitrogens is 2. The third-order valence-electron chi connectivity index (χ3n) is 2.68. The minimum absolute atomic E-state index is 0.0552. The molecule has 0 radical (unpaired) electrons. The van der Waals surface area contributed by atoms with Gasteiger partial charge in [-0.15, -0.1) is 11.6 Å². The number of anilines is 1. The minimum Gasteiger partial charge on any atom is -0.394 e. The molecule has 0 spiro atoms. The van der Waals surface area contributed by atoms with Crippen LogP contribution in [0, 0.1) is 0 Å². The summed E-state index contributed by atoms with van der Waals surface area (Å²) in [6.07, 6.45) is -1.42. The van der Waals surface area contributed by atoms with E-state index in [-0.39, 0.29) is 12.4 Å². The Morgan fingerprint density at radius 1 is 1.67 bits per heavy atom. The summed E-state index contributed by atoms with van der Waals surface area (Å²) < 4.78 is 6.86. The highest BCUT2D eigenvalue weighted by molar-refractivity contribution is 9.10. The van der Waals surface area contributed by atoms with E-state index in [2.05, 4.69) is 20.9 Å². The zero-order valence-corrected chi connectivity index (χ0v) is 11.4. The topological polar surface area (TPSA) is 111 Å². The Bertz CT molecular complexity index is 511. The van der Waals surface area contributed by atoms with Crippen LogP contribution in [0.15, 0.2) is 15.5 Å². The molecule has 0 saturated carbocycles. The number of nitrogens with zero attached hydrogens (tertiary/aromatic N) is 2. The van der Waals surface area contributed by atoms with Gasteiger partial charge in [-0.3, -0.25) is 4.57 Å². The summed E-state index contributed by atoms with van der Waals surface area (Å²) in [4.78, 5) is 15.3. The SMILES string of the molecule is Nc1nc(=O)n([C@@H]2O[C@H](CO)[C@@H](O)[C@H]2Cl)cc1Br. The lowest BCUT2D eigenvalue weighted by molar-refractivity contribution is -0.0457. The monoisotopic (exact) mass is 339 g/mol. The van der Waals surface area contributed by atoms with Crippen molar-refractivity contribution in [3.63, 3.8) is 0 Å². The number of nitrogen functional groups attached to an aromatic ring is 1. The highest BCUT2D eigenvalue weighted by atomic mass is 79.9. The van der Waals surface area contributed by atoms with Crippen LogP contribution in [0.5, 0.6) is 0 Å². The molecule has 1 aromatic heterocycles. The maximum Gasteiger partial charge on any atom is 0.351 e. The molecule has 9 heteroatoms. The summed E-state index contributed by atoms with van der Waals surface area (Å²) in [5.74, 6) is 0.0552. The van der Waals surface area contributed by atoms with Gasteiger partial charge in [0, 0.05) is 6.20 Å². The molecule has 7 nitrogen and oxygen atoms in total. The van der Waals surface area contributed by atoms with Crippen LogP contribution in [-0.4, -0.2) is 44.0 Å². The summed E-state index contributed by atoms with van der Waals surface area (Å²) in [5, 5.41) is 17.9. The molecule has 1 aromatic rings. The molecule has 4 atom stereocenters. The quantitative estimate of drug-likeness (QED) is 0.623. The Labute approximate surface area is 115 Å². The Hall–Kier alpha value is -0.670. The van der Waals surface area contributed by atoms with Crippen LogP contribution >= 0.6 is 27.5 Å². The zero-order valence-electron chi connectivity index (χ0n) is 9.03. The first-order chi connectivity index (χ1) is 8.45. The van der Waals surface area contributed by atoms with E-state index in [4.69, 9.17) is 27.2 Å². The molecule has 1 fully saturated rings. The molecule has 0 aliphatic carbocycles. The molecule has 2 rings (SSSR count). The van der Waals surface area contributed by atoms with Crippen molar-refractivity contribution in [1.29, 1.82) is 0 Å². The van der Waals surface area contributed by atoms with Gasteiger partial charge in [0.2, 0.25) is 0 Å². The largest absolute Gasteiger partial charge is 0.394 e. The summed E-state index contributed by atoms with van der Waals surface area (Å²) in [5.41, 5.74) is 4.83. The van der Waals surface area contributed by atoms with Gasteiger partial charge in [0.15, 0.2) is 6.23 Å². The van der Waals surface area contributed by atoms with Crippen molar-refractivity contribution in [3.05, 3.63) is 21.2 Å². The predicted molar refractivity (Wildman–Crippen MR) is 67.3 cm³/mol. The van der Waals surface area contributed by atoms with Crippen molar-refractivity contribution in [2.24, 2.45) is 0 Å². The van der Waals surface area contributed by atoms with Crippen molar-refractivity contribution in [2.45, 2.75) is 23.8 Å². The van der Waals surface area contributed by atoms with E-state index < -0.39 is 29.5 Å². The number of hydrogen-bond donors (Lipinski definition) is 3. The Balaban J connectivity index is 2.39. The summed E-state index contributed by atoms with van der Waals surface area (Å²) in [6.45, 7) is -0.390. The smallest absolute Gasteiger partial charge is 0.351 e. The summed E-state index contributed by atoms with van der Waals surface area (Å²) in [6, 6.07) is 0. The van der Waals surface area contributed by atoms with Gasteiger partial charge in [-0.2, -0.15) is 4.98 Å².